The SMILES string of the molecule is Cc1cc(CCN)cnc1N1CCN(C)CC1. The number of hydrogen-bond donors (Lipinski definition) is 1. The van der Waals surface area contributed by atoms with E-state index in [1.807, 2.05) is 6.20 Å². The van der Waals surface area contributed by atoms with Crippen molar-refractivity contribution < 1.29 is 0 Å². The van der Waals surface area contributed by atoms with Crippen LogP contribution in [0.2, 0.25) is 0 Å². The van der Waals surface area contributed by atoms with E-state index in [2.05, 4.69) is 34.8 Å². The van der Waals surface area contributed by atoms with Crippen LogP contribution in [-0.2, 0) is 6.42 Å². The minimum absolute atomic E-state index is 0.689. The van der Waals surface area contributed by atoms with Gasteiger partial charge in [0.1, 0.15) is 5.82 Å². The number of pyridine rings is 1. The number of aromatic nitrogens is 1. The third kappa shape index (κ3) is 2.96. The van der Waals surface area contributed by atoms with Crippen LogP contribution in [-0.4, -0.2) is 49.7 Å². The van der Waals surface area contributed by atoms with Crippen molar-refractivity contribution in [3.05, 3.63) is 23.4 Å². The number of aryl methyl sites for hydroxylation is 1. The van der Waals surface area contributed by atoms with E-state index in [0.29, 0.717) is 6.54 Å². The second kappa shape index (κ2) is 5.47. The molecule has 1 aromatic heterocycles. The Bertz CT molecular complexity index is 370. The average Bonchev–Trinajstić information content (AvgIpc) is 2.31. The van der Waals surface area contributed by atoms with E-state index in [0.717, 1.165) is 38.4 Å². The normalized spacial score (nSPS) is 17.5. The predicted octanol–water partition coefficient (Wildman–Crippen LogP) is 0.643. The number of hydrogen-bond acceptors (Lipinski definition) is 4. The highest BCUT2D eigenvalue weighted by atomic mass is 15.3. The first kappa shape index (κ1) is 12.3. The van der Waals surface area contributed by atoms with E-state index >= 15 is 0 Å². The lowest BCUT2D eigenvalue weighted by atomic mass is 10.1. The summed E-state index contributed by atoms with van der Waals surface area (Å²) in [6, 6.07) is 2.22. The molecular weight excluding hydrogens is 212 g/mol. The van der Waals surface area contributed by atoms with Gasteiger partial charge in [-0.15, -0.1) is 0 Å². The molecule has 4 heteroatoms. The van der Waals surface area contributed by atoms with E-state index < -0.39 is 0 Å². The summed E-state index contributed by atoms with van der Waals surface area (Å²) >= 11 is 0. The monoisotopic (exact) mass is 234 g/mol. The van der Waals surface area contributed by atoms with Gasteiger partial charge in [-0.1, -0.05) is 6.07 Å². The zero-order valence-electron chi connectivity index (χ0n) is 10.8. The lowest BCUT2D eigenvalue weighted by Crippen LogP contribution is -2.45. The summed E-state index contributed by atoms with van der Waals surface area (Å²) < 4.78 is 0. The molecule has 2 rings (SSSR count). The maximum Gasteiger partial charge on any atom is 0.131 e. The summed E-state index contributed by atoms with van der Waals surface area (Å²) in [6.07, 6.45) is 2.88. The summed E-state index contributed by atoms with van der Waals surface area (Å²) in [4.78, 5) is 9.33. The van der Waals surface area contributed by atoms with Gasteiger partial charge in [-0.2, -0.15) is 0 Å². The molecule has 1 aliphatic heterocycles. The Morgan fingerprint density at radius 1 is 1.29 bits per heavy atom. The Morgan fingerprint density at radius 2 is 2.00 bits per heavy atom. The molecule has 0 amide bonds. The Kier molecular flexibility index (Phi) is 3.97. The van der Waals surface area contributed by atoms with Crippen molar-refractivity contribution in [2.45, 2.75) is 13.3 Å². The zero-order valence-corrected chi connectivity index (χ0v) is 10.8. The van der Waals surface area contributed by atoms with E-state index in [9.17, 15) is 0 Å². The second-order valence-electron chi connectivity index (χ2n) is 4.81. The molecule has 0 radical (unpaired) electrons. The first-order chi connectivity index (χ1) is 8.20. The minimum atomic E-state index is 0.689. The van der Waals surface area contributed by atoms with Crippen LogP contribution in [0.4, 0.5) is 5.82 Å². The van der Waals surface area contributed by atoms with Gasteiger partial charge in [-0.05, 0) is 38.1 Å². The average molecular weight is 234 g/mol. The molecule has 2 heterocycles. The highest BCUT2D eigenvalue weighted by Crippen LogP contribution is 2.19. The van der Waals surface area contributed by atoms with Crippen molar-refractivity contribution in [3.63, 3.8) is 0 Å². The Hall–Kier alpha value is -1.13. The second-order valence-corrected chi connectivity index (χ2v) is 4.81. The molecule has 0 bridgehead atoms. The van der Waals surface area contributed by atoms with E-state index in [1.54, 1.807) is 0 Å². The minimum Gasteiger partial charge on any atom is -0.354 e. The fraction of sp³-hybridized carbons (Fsp3) is 0.615. The molecule has 94 valence electrons. The maximum absolute atomic E-state index is 5.56. The van der Waals surface area contributed by atoms with Gasteiger partial charge in [0, 0.05) is 32.4 Å². The van der Waals surface area contributed by atoms with Gasteiger partial charge in [-0.25, -0.2) is 4.98 Å². The fourth-order valence-electron chi connectivity index (χ4n) is 2.28. The number of anilines is 1. The van der Waals surface area contributed by atoms with Gasteiger partial charge in [0.05, 0.1) is 0 Å². The molecule has 0 saturated carbocycles. The zero-order chi connectivity index (χ0) is 12.3. The van der Waals surface area contributed by atoms with Crippen molar-refractivity contribution >= 4 is 5.82 Å². The van der Waals surface area contributed by atoms with Crippen LogP contribution in [0.3, 0.4) is 0 Å². The summed E-state index contributed by atoms with van der Waals surface area (Å²) in [5, 5.41) is 0. The highest BCUT2D eigenvalue weighted by Gasteiger charge is 2.16. The molecular formula is C13H22N4. The number of nitrogens with two attached hydrogens (primary N) is 1. The standard InChI is InChI=1S/C13H22N4/c1-11-9-12(3-4-14)10-15-13(11)17-7-5-16(2)6-8-17/h9-10H,3-8,14H2,1-2H3. The van der Waals surface area contributed by atoms with Crippen LogP contribution in [0.5, 0.6) is 0 Å². The third-order valence-corrected chi connectivity index (χ3v) is 3.34. The van der Waals surface area contributed by atoms with E-state index in [-0.39, 0.29) is 0 Å². The lowest BCUT2D eigenvalue weighted by Gasteiger charge is -2.34. The smallest absolute Gasteiger partial charge is 0.131 e. The van der Waals surface area contributed by atoms with Gasteiger partial charge < -0.3 is 15.5 Å². The molecule has 17 heavy (non-hydrogen) atoms. The van der Waals surface area contributed by atoms with Crippen LogP contribution in [0.1, 0.15) is 11.1 Å². The largest absolute Gasteiger partial charge is 0.354 e. The molecule has 4 nitrogen and oxygen atoms in total. The molecule has 0 spiro atoms. The lowest BCUT2D eigenvalue weighted by molar-refractivity contribution is 0.312. The van der Waals surface area contributed by atoms with Gasteiger partial charge in [0.25, 0.3) is 0 Å². The molecule has 0 unspecified atom stereocenters. The van der Waals surface area contributed by atoms with Crippen LogP contribution in [0.15, 0.2) is 12.3 Å². The molecule has 1 aliphatic rings. The van der Waals surface area contributed by atoms with Crippen molar-refractivity contribution in [2.75, 3.05) is 44.7 Å². The first-order valence-electron chi connectivity index (χ1n) is 6.30. The number of rotatable bonds is 3. The summed E-state index contributed by atoms with van der Waals surface area (Å²) in [5.74, 6) is 1.14. The summed E-state index contributed by atoms with van der Waals surface area (Å²) in [5.41, 5.74) is 8.07. The molecule has 0 atom stereocenters. The van der Waals surface area contributed by atoms with Crippen molar-refractivity contribution in [3.8, 4) is 0 Å². The third-order valence-electron chi connectivity index (χ3n) is 3.34. The van der Waals surface area contributed by atoms with Gasteiger partial charge in [0.15, 0.2) is 0 Å². The molecule has 0 aromatic carbocycles. The Balaban J connectivity index is 2.10. The maximum atomic E-state index is 5.56. The molecule has 2 N–H and O–H groups in total. The molecule has 1 saturated heterocycles. The topological polar surface area (TPSA) is 45.4 Å². The van der Waals surface area contributed by atoms with Crippen molar-refractivity contribution in [1.82, 2.24) is 9.88 Å². The van der Waals surface area contributed by atoms with Gasteiger partial charge in [-0.3, -0.25) is 0 Å². The van der Waals surface area contributed by atoms with Crippen LogP contribution in [0, 0.1) is 6.92 Å². The van der Waals surface area contributed by atoms with Crippen LogP contribution in [0.25, 0.3) is 0 Å². The van der Waals surface area contributed by atoms with Crippen molar-refractivity contribution in [1.29, 1.82) is 0 Å². The Morgan fingerprint density at radius 3 is 2.59 bits per heavy atom. The van der Waals surface area contributed by atoms with Crippen LogP contribution >= 0.6 is 0 Å². The van der Waals surface area contributed by atoms with Gasteiger partial charge in [0.2, 0.25) is 0 Å². The molecule has 1 aromatic rings. The number of nitrogens with zero attached hydrogens (tertiary/aromatic N) is 3. The Labute approximate surface area is 103 Å². The number of piperazine rings is 1. The van der Waals surface area contributed by atoms with Gasteiger partial charge >= 0.3 is 0 Å². The quantitative estimate of drug-likeness (QED) is 0.834. The predicted molar refractivity (Wildman–Crippen MR) is 71.4 cm³/mol. The first-order valence-corrected chi connectivity index (χ1v) is 6.30. The van der Waals surface area contributed by atoms with Crippen LogP contribution < -0.4 is 10.6 Å². The fourth-order valence-corrected chi connectivity index (χ4v) is 2.28. The van der Waals surface area contributed by atoms with E-state index in [1.165, 1.54) is 11.1 Å². The summed E-state index contributed by atoms with van der Waals surface area (Å²) in [6.45, 7) is 7.20. The van der Waals surface area contributed by atoms with Crippen molar-refractivity contribution in [2.24, 2.45) is 5.73 Å². The summed E-state index contributed by atoms with van der Waals surface area (Å²) in [7, 11) is 2.17. The highest BCUT2D eigenvalue weighted by molar-refractivity contribution is 5.47. The molecule has 1 fully saturated rings. The molecule has 0 aliphatic carbocycles. The number of likely N-dealkylation sites (N-methyl/N-ethyl adjacent to an activating group) is 1. The van der Waals surface area contributed by atoms with E-state index in [4.69, 9.17) is 5.73 Å².